The number of carbonyl (C=O) groups excluding carboxylic acids is 1. The van der Waals surface area contributed by atoms with Gasteiger partial charge in [-0.2, -0.15) is 5.10 Å². The van der Waals surface area contributed by atoms with Gasteiger partial charge in [-0.25, -0.2) is 14.1 Å². The SMILES string of the molecule is CCOCCCNC(=O)c1cnc2c(c(C)nn2-c2ccc(F)cc2)c1Cl. The van der Waals surface area contributed by atoms with Gasteiger partial charge in [0.25, 0.3) is 5.91 Å². The van der Waals surface area contributed by atoms with Gasteiger partial charge in [-0.05, 0) is 44.5 Å². The molecule has 0 aliphatic rings. The summed E-state index contributed by atoms with van der Waals surface area (Å²) < 4.78 is 20.0. The van der Waals surface area contributed by atoms with Gasteiger partial charge < -0.3 is 10.1 Å². The van der Waals surface area contributed by atoms with Gasteiger partial charge in [-0.3, -0.25) is 4.79 Å². The molecule has 0 bridgehead atoms. The third-order valence-corrected chi connectivity index (χ3v) is 4.47. The van der Waals surface area contributed by atoms with E-state index in [2.05, 4.69) is 15.4 Å². The van der Waals surface area contributed by atoms with Gasteiger partial charge in [0.2, 0.25) is 0 Å². The molecule has 2 heterocycles. The Morgan fingerprint density at radius 2 is 2.07 bits per heavy atom. The van der Waals surface area contributed by atoms with Crippen LogP contribution >= 0.6 is 11.6 Å². The molecule has 0 fully saturated rings. The summed E-state index contributed by atoms with van der Waals surface area (Å²) in [5.74, 6) is -0.624. The standard InChI is InChI=1S/C19H20ClFN4O2/c1-3-27-10-4-9-22-19(26)15-11-23-18-16(17(15)20)12(2)24-25(18)14-7-5-13(21)6-8-14/h5-8,11H,3-4,9-10H2,1-2H3,(H,22,26). The van der Waals surface area contributed by atoms with Crippen molar-refractivity contribution in [3.63, 3.8) is 0 Å². The second-order valence-corrected chi connectivity index (χ2v) is 6.34. The van der Waals surface area contributed by atoms with E-state index in [0.717, 1.165) is 0 Å². The smallest absolute Gasteiger partial charge is 0.254 e. The summed E-state index contributed by atoms with van der Waals surface area (Å²) in [5, 5.41) is 8.16. The van der Waals surface area contributed by atoms with E-state index in [1.807, 2.05) is 6.92 Å². The Balaban J connectivity index is 1.88. The van der Waals surface area contributed by atoms with E-state index in [1.165, 1.54) is 18.3 Å². The highest BCUT2D eigenvalue weighted by molar-refractivity contribution is 6.38. The van der Waals surface area contributed by atoms with Gasteiger partial charge in [0, 0.05) is 26.0 Å². The van der Waals surface area contributed by atoms with Gasteiger partial charge >= 0.3 is 0 Å². The molecule has 0 radical (unpaired) electrons. The predicted octanol–water partition coefficient (Wildman–Crippen LogP) is 3.68. The van der Waals surface area contributed by atoms with Crippen molar-refractivity contribution < 1.29 is 13.9 Å². The Morgan fingerprint density at radius 1 is 1.33 bits per heavy atom. The number of ether oxygens (including phenoxy) is 1. The number of benzene rings is 1. The molecule has 0 spiro atoms. The molecule has 8 heteroatoms. The van der Waals surface area contributed by atoms with Crippen LogP contribution in [0.2, 0.25) is 5.02 Å². The normalized spacial score (nSPS) is 11.1. The summed E-state index contributed by atoms with van der Waals surface area (Å²) in [4.78, 5) is 16.8. The third-order valence-electron chi connectivity index (χ3n) is 4.08. The number of hydrogen-bond donors (Lipinski definition) is 1. The highest BCUT2D eigenvalue weighted by Gasteiger charge is 2.19. The molecule has 1 aromatic carbocycles. The fraction of sp³-hybridized carbons (Fsp3) is 0.316. The molecule has 142 valence electrons. The Bertz CT molecular complexity index is 956. The fourth-order valence-corrected chi connectivity index (χ4v) is 3.10. The second-order valence-electron chi connectivity index (χ2n) is 5.96. The van der Waals surface area contributed by atoms with Gasteiger partial charge in [-0.1, -0.05) is 11.6 Å². The number of halogens is 2. The first-order valence-electron chi connectivity index (χ1n) is 8.68. The zero-order chi connectivity index (χ0) is 19.4. The molecule has 0 atom stereocenters. The number of rotatable bonds is 7. The summed E-state index contributed by atoms with van der Waals surface area (Å²) in [6.07, 6.45) is 2.15. The van der Waals surface area contributed by atoms with Crippen LogP contribution in [0.25, 0.3) is 16.7 Å². The molecule has 3 rings (SSSR count). The van der Waals surface area contributed by atoms with Crippen molar-refractivity contribution in [2.45, 2.75) is 20.3 Å². The summed E-state index contributed by atoms with van der Waals surface area (Å²) in [6, 6.07) is 5.92. The minimum absolute atomic E-state index is 0.292. The molecular weight excluding hydrogens is 371 g/mol. The number of nitrogens with one attached hydrogen (secondary N) is 1. The molecule has 1 N–H and O–H groups in total. The fourth-order valence-electron chi connectivity index (χ4n) is 2.74. The summed E-state index contributed by atoms with van der Waals surface area (Å²) in [7, 11) is 0. The monoisotopic (exact) mass is 390 g/mol. The number of fused-ring (bicyclic) bond motifs is 1. The van der Waals surface area contributed by atoms with E-state index < -0.39 is 0 Å². The Morgan fingerprint density at radius 3 is 2.78 bits per heavy atom. The molecule has 0 saturated heterocycles. The van der Waals surface area contributed by atoms with E-state index in [1.54, 1.807) is 23.7 Å². The van der Waals surface area contributed by atoms with Crippen LogP contribution in [0.1, 0.15) is 29.4 Å². The highest BCUT2D eigenvalue weighted by atomic mass is 35.5. The lowest BCUT2D eigenvalue weighted by Crippen LogP contribution is -2.25. The van der Waals surface area contributed by atoms with E-state index in [9.17, 15) is 9.18 Å². The first kappa shape index (κ1) is 19.3. The minimum atomic E-state index is -0.332. The van der Waals surface area contributed by atoms with Gasteiger partial charge in [0.15, 0.2) is 5.65 Å². The van der Waals surface area contributed by atoms with Crippen LogP contribution in [-0.2, 0) is 4.74 Å². The Labute approximate surface area is 161 Å². The number of hydrogen-bond acceptors (Lipinski definition) is 4. The summed E-state index contributed by atoms with van der Waals surface area (Å²) >= 11 is 6.49. The lowest BCUT2D eigenvalue weighted by Gasteiger charge is -2.08. The van der Waals surface area contributed by atoms with Crippen LogP contribution in [0.15, 0.2) is 30.5 Å². The van der Waals surface area contributed by atoms with Crippen molar-refractivity contribution in [1.82, 2.24) is 20.1 Å². The van der Waals surface area contributed by atoms with Gasteiger partial charge in [0.05, 0.1) is 27.4 Å². The van der Waals surface area contributed by atoms with E-state index >= 15 is 0 Å². The topological polar surface area (TPSA) is 69.0 Å². The van der Waals surface area contributed by atoms with Gasteiger partial charge in [-0.15, -0.1) is 0 Å². The van der Waals surface area contributed by atoms with Crippen molar-refractivity contribution in [2.75, 3.05) is 19.8 Å². The molecule has 3 aromatic rings. The zero-order valence-electron chi connectivity index (χ0n) is 15.1. The second kappa shape index (κ2) is 8.45. The molecule has 2 aromatic heterocycles. The zero-order valence-corrected chi connectivity index (χ0v) is 15.9. The molecular formula is C19H20ClFN4O2. The highest BCUT2D eigenvalue weighted by Crippen LogP contribution is 2.29. The van der Waals surface area contributed by atoms with Crippen LogP contribution in [0, 0.1) is 12.7 Å². The molecule has 0 unspecified atom stereocenters. The predicted molar refractivity (Wildman–Crippen MR) is 102 cm³/mol. The van der Waals surface area contributed by atoms with Crippen LogP contribution in [0.5, 0.6) is 0 Å². The number of nitrogens with zero attached hydrogens (tertiary/aromatic N) is 3. The number of aromatic nitrogens is 3. The maximum absolute atomic E-state index is 13.2. The maximum Gasteiger partial charge on any atom is 0.254 e. The summed E-state index contributed by atoms with van der Waals surface area (Å²) in [5.41, 5.74) is 2.10. The van der Waals surface area contributed by atoms with Crippen molar-refractivity contribution in [2.24, 2.45) is 0 Å². The number of aryl methyl sites for hydroxylation is 1. The van der Waals surface area contributed by atoms with Crippen LogP contribution in [0.3, 0.4) is 0 Å². The lowest BCUT2D eigenvalue weighted by atomic mass is 10.2. The quantitative estimate of drug-likeness (QED) is 0.625. The number of pyridine rings is 1. The Kier molecular flexibility index (Phi) is 6.03. The van der Waals surface area contributed by atoms with Crippen molar-refractivity contribution in [1.29, 1.82) is 0 Å². The molecule has 27 heavy (non-hydrogen) atoms. The lowest BCUT2D eigenvalue weighted by molar-refractivity contribution is 0.0944. The average Bonchev–Trinajstić information content (AvgIpc) is 3.00. The van der Waals surface area contributed by atoms with Crippen molar-refractivity contribution >= 4 is 28.5 Å². The van der Waals surface area contributed by atoms with Crippen LogP contribution in [0.4, 0.5) is 4.39 Å². The van der Waals surface area contributed by atoms with Crippen LogP contribution in [-0.4, -0.2) is 40.4 Å². The first-order valence-corrected chi connectivity index (χ1v) is 9.06. The van der Waals surface area contributed by atoms with Gasteiger partial charge in [0.1, 0.15) is 5.82 Å². The Hall–Kier alpha value is -2.51. The first-order chi connectivity index (χ1) is 13.0. The van der Waals surface area contributed by atoms with E-state index in [4.69, 9.17) is 16.3 Å². The third kappa shape index (κ3) is 4.09. The molecule has 1 amide bonds. The molecule has 6 nitrogen and oxygen atoms in total. The van der Waals surface area contributed by atoms with E-state index in [-0.39, 0.29) is 11.7 Å². The minimum Gasteiger partial charge on any atom is -0.382 e. The molecule has 0 aliphatic carbocycles. The molecule has 0 aliphatic heterocycles. The van der Waals surface area contributed by atoms with E-state index in [0.29, 0.717) is 59.2 Å². The van der Waals surface area contributed by atoms with Crippen LogP contribution < -0.4 is 5.32 Å². The summed E-state index contributed by atoms with van der Waals surface area (Å²) in [6.45, 7) is 5.44. The van der Waals surface area contributed by atoms with Crippen molar-refractivity contribution in [3.05, 3.63) is 52.6 Å². The maximum atomic E-state index is 13.2. The largest absolute Gasteiger partial charge is 0.382 e. The van der Waals surface area contributed by atoms with Crippen molar-refractivity contribution in [3.8, 4) is 5.69 Å². The average molecular weight is 391 g/mol. The number of carbonyl (C=O) groups is 1. The number of amides is 1. The molecule has 0 saturated carbocycles.